The molecule has 1 amide bonds. The van der Waals surface area contributed by atoms with Crippen molar-refractivity contribution in [3.8, 4) is 0 Å². The number of anilines is 1. The maximum atomic E-state index is 13.5. The number of morpholine rings is 1. The molecule has 1 saturated heterocycles. The van der Waals surface area contributed by atoms with Crippen LogP contribution >= 0.6 is 0 Å². The van der Waals surface area contributed by atoms with E-state index >= 15 is 0 Å². The molecular formula is C23H23FN2O2. The van der Waals surface area contributed by atoms with E-state index in [9.17, 15) is 9.18 Å². The van der Waals surface area contributed by atoms with Crippen molar-refractivity contribution in [2.75, 3.05) is 24.6 Å². The second-order valence-corrected chi connectivity index (χ2v) is 7.12. The summed E-state index contributed by atoms with van der Waals surface area (Å²) in [5, 5.41) is 5.96. The monoisotopic (exact) mass is 378 g/mol. The van der Waals surface area contributed by atoms with Crippen molar-refractivity contribution >= 4 is 22.4 Å². The first kappa shape index (κ1) is 18.6. The second-order valence-electron chi connectivity index (χ2n) is 7.12. The van der Waals surface area contributed by atoms with E-state index in [1.54, 1.807) is 17.0 Å². The lowest BCUT2D eigenvalue weighted by Gasteiger charge is -2.33. The number of halogens is 1. The fourth-order valence-electron chi connectivity index (χ4n) is 3.69. The van der Waals surface area contributed by atoms with Gasteiger partial charge in [-0.3, -0.25) is 4.79 Å². The van der Waals surface area contributed by atoms with Crippen molar-refractivity contribution in [3.63, 3.8) is 0 Å². The van der Waals surface area contributed by atoms with Crippen LogP contribution in [0.4, 0.5) is 10.1 Å². The van der Waals surface area contributed by atoms with Crippen LogP contribution in [-0.4, -0.2) is 31.7 Å². The molecule has 1 aliphatic heterocycles. The number of carbonyl (C=O) groups is 1. The van der Waals surface area contributed by atoms with Gasteiger partial charge >= 0.3 is 0 Å². The molecule has 2 unspecified atom stereocenters. The zero-order valence-corrected chi connectivity index (χ0v) is 15.8. The zero-order valence-electron chi connectivity index (χ0n) is 15.8. The average Bonchev–Trinajstić information content (AvgIpc) is 2.72. The molecule has 144 valence electrons. The van der Waals surface area contributed by atoms with Gasteiger partial charge in [0.15, 0.2) is 0 Å². The van der Waals surface area contributed by atoms with Crippen molar-refractivity contribution < 1.29 is 13.9 Å². The summed E-state index contributed by atoms with van der Waals surface area (Å²) in [6.45, 7) is 3.13. The maximum Gasteiger partial charge on any atom is 0.253 e. The number of ether oxygens (including phenoxy) is 1. The molecule has 3 aromatic rings. The number of carbonyl (C=O) groups excluding carboxylic acids is 1. The van der Waals surface area contributed by atoms with E-state index < -0.39 is 0 Å². The fraction of sp³-hybridized carbons (Fsp3) is 0.261. The minimum absolute atomic E-state index is 0.00546. The van der Waals surface area contributed by atoms with Gasteiger partial charge in [0, 0.05) is 18.3 Å². The normalized spacial score (nSPS) is 18.4. The Morgan fingerprint density at radius 3 is 2.79 bits per heavy atom. The van der Waals surface area contributed by atoms with E-state index in [4.69, 9.17) is 4.74 Å². The van der Waals surface area contributed by atoms with Gasteiger partial charge in [-0.25, -0.2) is 4.39 Å². The van der Waals surface area contributed by atoms with E-state index in [-0.39, 0.29) is 30.5 Å². The molecule has 1 heterocycles. The molecule has 0 bridgehead atoms. The summed E-state index contributed by atoms with van der Waals surface area (Å²) in [5.41, 5.74) is 1.80. The van der Waals surface area contributed by atoms with Crippen LogP contribution in [0, 0.1) is 5.82 Å². The van der Waals surface area contributed by atoms with E-state index in [2.05, 4.69) is 42.6 Å². The third-order valence-electron chi connectivity index (χ3n) is 5.19. The molecule has 0 aliphatic carbocycles. The van der Waals surface area contributed by atoms with Gasteiger partial charge in [0.05, 0.1) is 12.6 Å². The predicted molar refractivity (Wildman–Crippen MR) is 109 cm³/mol. The van der Waals surface area contributed by atoms with Crippen LogP contribution in [0.15, 0.2) is 66.7 Å². The summed E-state index contributed by atoms with van der Waals surface area (Å²) in [7, 11) is 0. The van der Waals surface area contributed by atoms with E-state index in [1.807, 2.05) is 12.1 Å². The standard InChI is InChI=1S/C23H23FN2O2/c1-16(21-11-4-7-17-6-2-3-10-22(17)21)25-13-20-14-26(23(27)15-28-20)19-9-5-8-18(24)12-19/h2-12,16,20,25H,13-15H2,1H3. The van der Waals surface area contributed by atoms with Gasteiger partial charge in [-0.2, -0.15) is 0 Å². The molecule has 4 nitrogen and oxygen atoms in total. The lowest BCUT2D eigenvalue weighted by atomic mass is 9.99. The largest absolute Gasteiger partial charge is 0.365 e. The minimum Gasteiger partial charge on any atom is -0.365 e. The number of rotatable bonds is 5. The first-order chi connectivity index (χ1) is 13.6. The molecule has 1 aliphatic rings. The predicted octanol–water partition coefficient (Wildman–Crippen LogP) is 4.06. The highest BCUT2D eigenvalue weighted by atomic mass is 19.1. The highest BCUT2D eigenvalue weighted by Gasteiger charge is 2.28. The highest BCUT2D eigenvalue weighted by molar-refractivity contribution is 5.95. The summed E-state index contributed by atoms with van der Waals surface area (Å²) in [5.74, 6) is -0.500. The summed E-state index contributed by atoms with van der Waals surface area (Å²) >= 11 is 0. The number of nitrogens with one attached hydrogen (secondary N) is 1. The Balaban J connectivity index is 1.43. The Morgan fingerprint density at radius 2 is 1.93 bits per heavy atom. The van der Waals surface area contributed by atoms with Crippen molar-refractivity contribution in [1.29, 1.82) is 0 Å². The van der Waals surface area contributed by atoms with Crippen LogP contribution in [0.3, 0.4) is 0 Å². The first-order valence-corrected chi connectivity index (χ1v) is 9.50. The summed E-state index contributed by atoms with van der Waals surface area (Å²) < 4.78 is 19.2. The Bertz CT molecular complexity index is 986. The molecule has 1 fully saturated rings. The van der Waals surface area contributed by atoms with Crippen molar-refractivity contribution in [2.45, 2.75) is 19.1 Å². The average molecular weight is 378 g/mol. The smallest absolute Gasteiger partial charge is 0.253 e. The number of amides is 1. The molecule has 0 radical (unpaired) electrons. The molecule has 3 aromatic carbocycles. The van der Waals surface area contributed by atoms with Crippen molar-refractivity contribution in [3.05, 3.63) is 78.1 Å². The molecule has 5 heteroatoms. The second kappa shape index (κ2) is 8.09. The van der Waals surface area contributed by atoms with Crippen LogP contribution in [-0.2, 0) is 9.53 Å². The lowest BCUT2D eigenvalue weighted by molar-refractivity contribution is -0.129. The van der Waals surface area contributed by atoms with Gasteiger partial charge in [-0.05, 0) is 41.5 Å². The Labute approximate surface area is 163 Å². The SMILES string of the molecule is CC(NCC1CN(c2cccc(F)c2)C(=O)CO1)c1cccc2ccccc12. The zero-order chi connectivity index (χ0) is 19.5. The third-order valence-corrected chi connectivity index (χ3v) is 5.19. The summed E-state index contributed by atoms with van der Waals surface area (Å²) in [6, 6.07) is 20.9. The van der Waals surface area contributed by atoms with E-state index in [0.717, 1.165) is 0 Å². The molecular weight excluding hydrogens is 355 g/mol. The van der Waals surface area contributed by atoms with Gasteiger partial charge in [0.1, 0.15) is 12.4 Å². The van der Waals surface area contributed by atoms with E-state index in [1.165, 1.54) is 28.5 Å². The van der Waals surface area contributed by atoms with Gasteiger partial charge < -0.3 is 15.0 Å². The van der Waals surface area contributed by atoms with E-state index in [0.29, 0.717) is 18.8 Å². The molecule has 1 N–H and O–H groups in total. The summed E-state index contributed by atoms with van der Waals surface area (Å²) in [4.78, 5) is 13.8. The molecule has 0 saturated carbocycles. The van der Waals surface area contributed by atoms with Crippen LogP contribution in [0.5, 0.6) is 0 Å². The van der Waals surface area contributed by atoms with Gasteiger partial charge in [0.25, 0.3) is 5.91 Å². The van der Waals surface area contributed by atoms with Gasteiger partial charge in [0.2, 0.25) is 0 Å². The number of hydrogen-bond donors (Lipinski definition) is 1. The summed E-state index contributed by atoms with van der Waals surface area (Å²) in [6.07, 6.45) is -0.154. The van der Waals surface area contributed by atoms with Crippen LogP contribution in [0.2, 0.25) is 0 Å². The lowest BCUT2D eigenvalue weighted by Crippen LogP contribution is -2.50. The van der Waals surface area contributed by atoms with Gasteiger partial charge in [-0.15, -0.1) is 0 Å². The van der Waals surface area contributed by atoms with Crippen LogP contribution in [0.1, 0.15) is 18.5 Å². The quantitative estimate of drug-likeness (QED) is 0.728. The van der Waals surface area contributed by atoms with Crippen molar-refractivity contribution in [2.24, 2.45) is 0 Å². The van der Waals surface area contributed by atoms with Crippen LogP contribution in [0.25, 0.3) is 10.8 Å². The minimum atomic E-state index is -0.351. The molecule has 28 heavy (non-hydrogen) atoms. The molecule has 4 rings (SSSR count). The van der Waals surface area contributed by atoms with Gasteiger partial charge in [-0.1, -0.05) is 48.5 Å². The number of hydrogen-bond acceptors (Lipinski definition) is 3. The fourth-order valence-corrected chi connectivity index (χ4v) is 3.69. The third kappa shape index (κ3) is 3.91. The topological polar surface area (TPSA) is 41.6 Å². The van der Waals surface area contributed by atoms with Crippen molar-refractivity contribution in [1.82, 2.24) is 5.32 Å². The number of benzene rings is 3. The molecule has 0 spiro atoms. The first-order valence-electron chi connectivity index (χ1n) is 9.50. The number of nitrogens with zero attached hydrogens (tertiary/aromatic N) is 1. The molecule has 0 aromatic heterocycles. The maximum absolute atomic E-state index is 13.5. The van der Waals surface area contributed by atoms with Crippen LogP contribution < -0.4 is 10.2 Å². The highest BCUT2D eigenvalue weighted by Crippen LogP contribution is 2.24. The Morgan fingerprint density at radius 1 is 1.14 bits per heavy atom. The Kier molecular flexibility index (Phi) is 5.37. The number of fused-ring (bicyclic) bond motifs is 1. The molecule has 2 atom stereocenters. The Hall–Kier alpha value is -2.76.